The molecule has 0 bridgehead atoms. The topological polar surface area (TPSA) is 68.0 Å². The van der Waals surface area contributed by atoms with Crippen LogP contribution in [0.1, 0.15) is 15.9 Å². The number of fused-ring (bicyclic) bond motifs is 1. The number of hydrogen-bond donors (Lipinski definition) is 1. The number of benzene rings is 3. The molecule has 1 amide bonds. The molecule has 122 valence electrons. The van der Waals surface area contributed by atoms with E-state index < -0.39 is 0 Å². The molecule has 4 aromatic rings. The Morgan fingerprint density at radius 1 is 0.960 bits per heavy atom. The van der Waals surface area contributed by atoms with Crippen LogP contribution in [-0.2, 0) is 0 Å². The minimum Gasteiger partial charge on any atom is -0.403 e. The summed E-state index contributed by atoms with van der Waals surface area (Å²) in [6.45, 7) is 1.99. The maximum Gasteiger partial charge on any atom is 0.322 e. The van der Waals surface area contributed by atoms with E-state index in [1.807, 2.05) is 67.6 Å². The molecule has 0 aliphatic carbocycles. The van der Waals surface area contributed by atoms with E-state index in [2.05, 4.69) is 15.5 Å². The first-order valence-corrected chi connectivity index (χ1v) is 7.90. The molecule has 5 nitrogen and oxygen atoms in total. The predicted molar refractivity (Wildman–Crippen MR) is 96.4 cm³/mol. The van der Waals surface area contributed by atoms with Crippen molar-refractivity contribution in [3.63, 3.8) is 0 Å². The van der Waals surface area contributed by atoms with Gasteiger partial charge in [-0.25, -0.2) is 0 Å². The van der Waals surface area contributed by atoms with Crippen LogP contribution in [0, 0.1) is 6.92 Å². The van der Waals surface area contributed by atoms with Gasteiger partial charge in [0.1, 0.15) is 0 Å². The molecule has 0 atom stereocenters. The number of carbonyl (C=O) groups excluding carboxylic acids is 1. The summed E-state index contributed by atoms with van der Waals surface area (Å²) in [6.07, 6.45) is 0. The minimum absolute atomic E-state index is 0.0782. The Bertz CT molecular complexity index is 1060. The zero-order chi connectivity index (χ0) is 17.2. The highest BCUT2D eigenvalue weighted by Gasteiger charge is 2.14. The van der Waals surface area contributed by atoms with E-state index in [1.165, 1.54) is 0 Å². The van der Waals surface area contributed by atoms with Crippen LogP contribution < -0.4 is 5.32 Å². The summed E-state index contributed by atoms with van der Waals surface area (Å²) in [4.78, 5) is 12.6. The Morgan fingerprint density at radius 3 is 2.64 bits per heavy atom. The molecule has 4 rings (SSSR count). The van der Waals surface area contributed by atoms with Crippen LogP contribution >= 0.6 is 0 Å². The number of rotatable bonds is 3. The van der Waals surface area contributed by atoms with Crippen molar-refractivity contribution in [3.8, 4) is 11.5 Å². The third-order valence-corrected chi connectivity index (χ3v) is 3.94. The van der Waals surface area contributed by atoms with Crippen molar-refractivity contribution in [1.82, 2.24) is 10.2 Å². The maximum atomic E-state index is 12.6. The van der Waals surface area contributed by atoms with Gasteiger partial charge in [0.2, 0.25) is 5.89 Å². The van der Waals surface area contributed by atoms with Crippen LogP contribution in [-0.4, -0.2) is 16.1 Å². The van der Waals surface area contributed by atoms with Gasteiger partial charge in [-0.3, -0.25) is 10.1 Å². The monoisotopic (exact) mass is 329 g/mol. The summed E-state index contributed by atoms with van der Waals surface area (Å²) < 4.78 is 5.57. The number of nitrogens with one attached hydrogen (secondary N) is 1. The Hall–Kier alpha value is -3.47. The second-order valence-electron chi connectivity index (χ2n) is 5.76. The predicted octanol–water partition coefficient (Wildman–Crippen LogP) is 4.45. The molecule has 3 aromatic carbocycles. The molecule has 0 fully saturated rings. The SMILES string of the molecule is Cc1cccc(-c2nnc(NC(=O)c3cccc4ccccc34)o2)c1. The zero-order valence-electron chi connectivity index (χ0n) is 13.6. The van der Waals surface area contributed by atoms with E-state index >= 15 is 0 Å². The van der Waals surface area contributed by atoms with Gasteiger partial charge >= 0.3 is 6.01 Å². The van der Waals surface area contributed by atoms with Crippen molar-refractivity contribution in [2.75, 3.05) is 5.32 Å². The first-order valence-electron chi connectivity index (χ1n) is 7.90. The molecule has 1 N–H and O–H groups in total. The minimum atomic E-state index is -0.281. The molecule has 1 heterocycles. The van der Waals surface area contributed by atoms with Gasteiger partial charge in [0.05, 0.1) is 0 Å². The Kier molecular flexibility index (Phi) is 3.74. The zero-order valence-corrected chi connectivity index (χ0v) is 13.6. The van der Waals surface area contributed by atoms with Crippen molar-refractivity contribution in [3.05, 3.63) is 77.9 Å². The molecule has 5 heteroatoms. The van der Waals surface area contributed by atoms with E-state index in [1.54, 1.807) is 6.07 Å². The van der Waals surface area contributed by atoms with E-state index in [9.17, 15) is 4.79 Å². The smallest absolute Gasteiger partial charge is 0.322 e. The number of amides is 1. The largest absolute Gasteiger partial charge is 0.403 e. The Morgan fingerprint density at radius 2 is 1.76 bits per heavy atom. The molecule has 0 aliphatic rings. The van der Waals surface area contributed by atoms with Crippen LogP contribution in [0.15, 0.2) is 71.1 Å². The quantitative estimate of drug-likeness (QED) is 0.603. The summed E-state index contributed by atoms with van der Waals surface area (Å²) in [5, 5.41) is 12.5. The molecule has 25 heavy (non-hydrogen) atoms. The van der Waals surface area contributed by atoms with Gasteiger partial charge in [-0.05, 0) is 35.9 Å². The number of hydrogen-bond acceptors (Lipinski definition) is 4. The summed E-state index contributed by atoms with van der Waals surface area (Å²) in [6, 6.07) is 21.1. The lowest BCUT2D eigenvalue weighted by atomic mass is 10.0. The van der Waals surface area contributed by atoms with E-state index in [4.69, 9.17) is 4.42 Å². The highest BCUT2D eigenvalue weighted by Crippen LogP contribution is 2.22. The van der Waals surface area contributed by atoms with Crippen LogP contribution in [0.25, 0.3) is 22.2 Å². The lowest BCUT2D eigenvalue weighted by molar-refractivity contribution is 0.102. The second-order valence-corrected chi connectivity index (χ2v) is 5.76. The number of carbonyl (C=O) groups is 1. The van der Waals surface area contributed by atoms with Gasteiger partial charge in [-0.15, -0.1) is 5.10 Å². The standard InChI is InChI=1S/C20H15N3O2/c1-13-6-4-9-15(12-13)19-22-23-20(25-19)21-18(24)17-11-5-8-14-7-2-3-10-16(14)17/h2-12H,1H3,(H,21,23,24). The van der Waals surface area contributed by atoms with Gasteiger partial charge in [0.15, 0.2) is 0 Å². The molecule has 0 aliphatic heterocycles. The lowest BCUT2D eigenvalue weighted by Crippen LogP contribution is -2.12. The van der Waals surface area contributed by atoms with Crippen LogP contribution in [0.4, 0.5) is 6.01 Å². The van der Waals surface area contributed by atoms with Crippen molar-refractivity contribution in [2.45, 2.75) is 6.92 Å². The Balaban J connectivity index is 1.61. The number of anilines is 1. The molecular formula is C20H15N3O2. The molecule has 0 radical (unpaired) electrons. The summed E-state index contributed by atoms with van der Waals surface area (Å²) in [5.41, 5.74) is 2.48. The van der Waals surface area contributed by atoms with Gasteiger partial charge in [-0.2, -0.15) is 0 Å². The third kappa shape index (κ3) is 2.99. The first-order chi connectivity index (χ1) is 12.2. The van der Waals surface area contributed by atoms with Crippen molar-refractivity contribution < 1.29 is 9.21 Å². The highest BCUT2D eigenvalue weighted by molar-refractivity contribution is 6.12. The van der Waals surface area contributed by atoms with Gasteiger partial charge < -0.3 is 4.42 Å². The fourth-order valence-electron chi connectivity index (χ4n) is 2.76. The number of nitrogens with zero attached hydrogens (tertiary/aromatic N) is 2. The maximum absolute atomic E-state index is 12.6. The summed E-state index contributed by atoms with van der Waals surface area (Å²) in [5.74, 6) is 0.0909. The van der Waals surface area contributed by atoms with E-state index in [-0.39, 0.29) is 11.9 Å². The fourth-order valence-corrected chi connectivity index (χ4v) is 2.76. The molecule has 0 saturated heterocycles. The average Bonchev–Trinajstić information content (AvgIpc) is 3.10. The summed E-state index contributed by atoms with van der Waals surface area (Å²) in [7, 11) is 0. The van der Waals surface area contributed by atoms with Gasteiger partial charge in [0.25, 0.3) is 5.91 Å². The van der Waals surface area contributed by atoms with E-state index in [0.717, 1.165) is 21.9 Å². The average molecular weight is 329 g/mol. The first kappa shape index (κ1) is 15.1. The highest BCUT2D eigenvalue weighted by atomic mass is 16.4. The molecule has 0 saturated carbocycles. The van der Waals surface area contributed by atoms with Crippen molar-refractivity contribution in [2.24, 2.45) is 0 Å². The molecule has 0 unspecified atom stereocenters. The lowest BCUT2D eigenvalue weighted by Gasteiger charge is -2.05. The molecular weight excluding hydrogens is 314 g/mol. The normalized spacial score (nSPS) is 10.8. The number of aromatic nitrogens is 2. The fraction of sp³-hybridized carbons (Fsp3) is 0.0500. The van der Waals surface area contributed by atoms with Crippen LogP contribution in [0.2, 0.25) is 0 Å². The van der Waals surface area contributed by atoms with Crippen LogP contribution in [0.5, 0.6) is 0 Å². The van der Waals surface area contributed by atoms with Gasteiger partial charge in [-0.1, -0.05) is 59.2 Å². The molecule has 1 aromatic heterocycles. The van der Waals surface area contributed by atoms with Crippen molar-refractivity contribution in [1.29, 1.82) is 0 Å². The van der Waals surface area contributed by atoms with E-state index in [0.29, 0.717) is 11.5 Å². The second kappa shape index (κ2) is 6.20. The third-order valence-electron chi connectivity index (χ3n) is 3.94. The Labute approximate surface area is 144 Å². The number of aryl methyl sites for hydroxylation is 1. The summed E-state index contributed by atoms with van der Waals surface area (Å²) >= 11 is 0. The van der Waals surface area contributed by atoms with Crippen molar-refractivity contribution >= 4 is 22.7 Å². The van der Waals surface area contributed by atoms with Gasteiger partial charge in [0, 0.05) is 11.1 Å². The van der Waals surface area contributed by atoms with Crippen LogP contribution in [0.3, 0.4) is 0 Å². The molecule has 0 spiro atoms.